The normalized spacial score (nSPS) is 11.0. The molecule has 0 fully saturated rings. The van der Waals surface area contributed by atoms with Gasteiger partial charge in [0.05, 0.1) is 22.6 Å². The number of benzene rings is 3. The maximum absolute atomic E-state index is 12.4. The van der Waals surface area contributed by atoms with Gasteiger partial charge in [-0.3, -0.25) is 4.79 Å². The van der Waals surface area contributed by atoms with Crippen LogP contribution in [0.1, 0.15) is 5.56 Å². The van der Waals surface area contributed by atoms with Crippen LogP contribution in [0.25, 0.3) is 28.2 Å². The second-order valence-electron chi connectivity index (χ2n) is 6.39. The van der Waals surface area contributed by atoms with Gasteiger partial charge in [-0.2, -0.15) is 0 Å². The summed E-state index contributed by atoms with van der Waals surface area (Å²) in [4.78, 5) is 17.1. The maximum Gasteiger partial charge on any atom is 0.248 e. The van der Waals surface area contributed by atoms with E-state index in [2.05, 4.69) is 5.32 Å². The highest BCUT2D eigenvalue weighted by Gasteiger charge is 2.07. The van der Waals surface area contributed by atoms with E-state index in [1.165, 1.54) is 6.08 Å². The smallest absolute Gasteiger partial charge is 0.248 e. The third-order valence-electron chi connectivity index (χ3n) is 4.45. The summed E-state index contributed by atoms with van der Waals surface area (Å²) in [5.41, 5.74) is 10.7. The Hall–Kier alpha value is -3.92. The van der Waals surface area contributed by atoms with Crippen LogP contribution in [0, 0.1) is 0 Å². The number of carbonyl (C=O) groups excluding carboxylic acids is 1. The number of anilines is 2. The zero-order valence-corrected chi connectivity index (χ0v) is 15.2. The fraction of sp³-hybridized carbons (Fsp3) is 0. The molecule has 1 aromatic heterocycles. The average molecular weight is 365 g/mol. The number of nitrogens with zero attached hydrogens (tertiary/aromatic N) is 1. The van der Waals surface area contributed by atoms with Crippen LogP contribution in [0.5, 0.6) is 0 Å². The van der Waals surface area contributed by atoms with Gasteiger partial charge in [0.2, 0.25) is 5.91 Å². The molecule has 0 radical (unpaired) electrons. The molecule has 4 nitrogen and oxygen atoms in total. The average Bonchev–Trinajstić information content (AvgIpc) is 2.74. The molecule has 0 atom stereocenters. The van der Waals surface area contributed by atoms with Crippen LogP contribution in [0.3, 0.4) is 0 Å². The zero-order chi connectivity index (χ0) is 19.3. The summed E-state index contributed by atoms with van der Waals surface area (Å²) < 4.78 is 0. The lowest BCUT2D eigenvalue weighted by molar-refractivity contribution is -0.111. The number of nitrogen functional groups attached to an aromatic ring is 1. The summed E-state index contributed by atoms with van der Waals surface area (Å²) in [7, 11) is 0. The highest BCUT2D eigenvalue weighted by Crippen LogP contribution is 2.25. The molecule has 0 aliphatic rings. The lowest BCUT2D eigenvalue weighted by Gasteiger charge is -2.08. The number of hydrogen-bond acceptors (Lipinski definition) is 3. The van der Waals surface area contributed by atoms with Crippen molar-refractivity contribution >= 4 is 34.3 Å². The first-order valence-electron chi connectivity index (χ1n) is 8.99. The first-order valence-corrected chi connectivity index (χ1v) is 8.99. The van der Waals surface area contributed by atoms with E-state index in [4.69, 9.17) is 10.7 Å². The molecule has 3 N–H and O–H groups in total. The number of nitrogens with one attached hydrogen (secondary N) is 1. The summed E-state index contributed by atoms with van der Waals surface area (Å²) in [6.07, 6.45) is 3.33. The van der Waals surface area contributed by atoms with Gasteiger partial charge in [0.15, 0.2) is 0 Å². The van der Waals surface area contributed by atoms with E-state index in [1.54, 1.807) is 12.1 Å². The number of nitrogens with two attached hydrogens (primary N) is 1. The van der Waals surface area contributed by atoms with E-state index < -0.39 is 0 Å². The van der Waals surface area contributed by atoms with Gasteiger partial charge in [-0.05, 0) is 35.9 Å². The summed E-state index contributed by atoms with van der Waals surface area (Å²) in [5, 5.41) is 3.80. The molecule has 1 heterocycles. The number of carbonyl (C=O) groups is 1. The Morgan fingerprint density at radius 2 is 1.61 bits per heavy atom. The van der Waals surface area contributed by atoms with Gasteiger partial charge in [0.25, 0.3) is 0 Å². The fourth-order valence-electron chi connectivity index (χ4n) is 3.05. The molecule has 0 saturated heterocycles. The molecular formula is C24H19N3O. The standard InChI is InChI=1S/C24H19N3O/c25-20-11-5-7-13-22(20)27-24(28)15-14-18-16-23(17-8-2-1-3-9-17)26-21-12-6-4-10-19(18)21/h1-16H,25H2,(H,27,28)/b15-14+. The van der Waals surface area contributed by atoms with Crippen LogP contribution in [0.2, 0.25) is 0 Å². The summed E-state index contributed by atoms with van der Waals surface area (Å²) in [6, 6.07) is 27.1. The molecule has 4 rings (SSSR count). The second kappa shape index (κ2) is 7.76. The van der Waals surface area contributed by atoms with Gasteiger partial charge in [-0.1, -0.05) is 60.7 Å². The molecule has 0 unspecified atom stereocenters. The lowest BCUT2D eigenvalue weighted by Crippen LogP contribution is -2.09. The van der Waals surface area contributed by atoms with Crippen molar-refractivity contribution in [3.8, 4) is 11.3 Å². The number of hydrogen-bond donors (Lipinski definition) is 2. The highest BCUT2D eigenvalue weighted by atomic mass is 16.1. The predicted molar refractivity (Wildman–Crippen MR) is 116 cm³/mol. The van der Waals surface area contributed by atoms with Crippen LogP contribution in [0.4, 0.5) is 11.4 Å². The molecule has 28 heavy (non-hydrogen) atoms. The van der Waals surface area contributed by atoms with Gasteiger partial charge in [0, 0.05) is 17.0 Å². The zero-order valence-electron chi connectivity index (χ0n) is 15.2. The van der Waals surface area contributed by atoms with E-state index in [9.17, 15) is 4.79 Å². The molecule has 1 amide bonds. The van der Waals surface area contributed by atoms with E-state index in [-0.39, 0.29) is 5.91 Å². The van der Waals surface area contributed by atoms with Crippen molar-refractivity contribution < 1.29 is 4.79 Å². The maximum atomic E-state index is 12.4. The van der Waals surface area contributed by atoms with Crippen LogP contribution in [0.15, 0.2) is 91.0 Å². The largest absolute Gasteiger partial charge is 0.397 e. The number of pyridine rings is 1. The minimum absolute atomic E-state index is 0.236. The van der Waals surface area contributed by atoms with Crippen LogP contribution in [-0.4, -0.2) is 10.9 Å². The van der Waals surface area contributed by atoms with Crippen molar-refractivity contribution in [1.82, 2.24) is 4.98 Å². The predicted octanol–water partition coefficient (Wildman–Crippen LogP) is 5.14. The van der Waals surface area contributed by atoms with Crippen LogP contribution >= 0.6 is 0 Å². The molecule has 0 aliphatic heterocycles. The van der Waals surface area contributed by atoms with Crippen molar-refractivity contribution in [2.24, 2.45) is 0 Å². The monoisotopic (exact) mass is 365 g/mol. The summed E-state index contributed by atoms with van der Waals surface area (Å²) >= 11 is 0. The first kappa shape index (κ1) is 17.5. The molecule has 4 aromatic rings. The van der Waals surface area contributed by atoms with Gasteiger partial charge in [-0.25, -0.2) is 4.98 Å². The Morgan fingerprint density at radius 1 is 0.893 bits per heavy atom. The number of rotatable bonds is 4. The second-order valence-corrected chi connectivity index (χ2v) is 6.39. The van der Waals surface area contributed by atoms with Crippen LogP contribution in [-0.2, 0) is 4.79 Å². The Balaban J connectivity index is 1.68. The van der Waals surface area contributed by atoms with Gasteiger partial charge in [0.1, 0.15) is 0 Å². The molecule has 0 bridgehead atoms. The molecule has 0 saturated carbocycles. The topological polar surface area (TPSA) is 68.0 Å². The quantitative estimate of drug-likeness (QED) is 0.389. The van der Waals surface area contributed by atoms with Crippen molar-refractivity contribution in [2.45, 2.75) is 0 Å². The lowest BCUT2D eigenvalue weighted by atomic mass is 10.0. The molecule has 4 heteroatoms. The Morgan fingerprint density at radius 3 is 2.43 bits per heavy atom. The number of amides is 1. The van der Waals surface area contributed by atoms with E-state index in [0.717, 1.165) is 27.7 Å². The van der Waals surface area contributed by atoms with Crippen LogP contribution < -0.4 is 11.1 Å². The molecule has 136 valence electrons. The number of aromatic nitrogens is 1. The first-order chi connectivity index (χ1) is 13.7. The van der Waals surface area contributed by atoms with Gasteiger partial charge in [-0.15, -0.1) is 0 Å². The van der Waals surface area contributed by atoms with Crippen molar-refractivity contribution in [1.29, 1.82) is 0 Å². The molecule has 0 spiro atoms. The Bertz CT molecular complexity index is 1170. The molecule has 0 aliphatic carbocycles. The highest BCUT2D eigenvalue weighted by molar-refractivity contribution is 6.04. The van der Waals surface area contributed by atoms with E-state index in [0.29, 0.717) is 11.4 Å². The van der Waals surface area contributed by atoms with Gasteiger partial charge < -0.3 is 11.1 Å². The SMILES string of the molecule is Nc1ccccc1NC(=O)/C=C/c1cc(-c2ccccc2)nc2ccccc12. The number of para-hydroxylation sites is 3. The van der Waals surface area contributed by atoms with Crippen molar-refractivity contribution in [3.05, 3.63) is 96.6 Å². The van der Waals surface area contributed by atoms with Crippen molar-refractivity contribution in [2.75, 3.05) is 11.1 Å². The number of fused-ring (bicyclic) bond motifs is 1. The third kappa shape index (κ3) is 3.76. The third-order valence-corrected chi connectivity index (χ3v) is 4.45. The minimum atomic E-state index is -0.236. The summed E-state index contributed by atoms with van der Waals surface area (Å²) in [5.74, 6) is -0.236. The van der Waals surface area contributed by atoms with Crippen molar-refractivity contribution in [3.63, 3.8) is 0 Å². The van der Waals surface area contributed by atoms with Gasteiger partial charge >= 0.3 is 0 Å². The molecule has 3 aromatic carbocycles. The molecular weight excluding hydrogens is 346 g/mol. The van der Waals surface area contributed by atoms with E-state index >= 15 is 0 Å². The Labute approximate surface area is 163 Å². The van der Waals surface area contributed by atoms with E-state index in [1.807, 2.05) is 78.9 Å². The summed E-state index contributed by atoms with van der Waals surface area (Å²) in [6.45, 7) is 0. The minimum Gasteiger partial charge on any atom is -0.397 e. The fourth-order valence-corrected chi connectivity index (χ4v) is 3.05. The Kier molecular flexibility index (Phi) is 4.85.